The third-order valence-electron chi connectivity index (χ3n) is 3.73. The van der Waals surface area contributed by atoms with E-state index < -0.39 is 0 Å². The van der Waals surface area contributed by atoms with Gasteiger partial charge in [0.05, 0.1) is 11.6 Å². The number of fused-ring (bicyclic) bond motifs is 1. The Morgan fingerprint density at radius 1 is 1.17 bits per heavy atom. The van der Waals surface area contributed by atoms with Crippen LogP contribution in [0.5, 0.6) is 0 Å². The predicted molar refractivity (Wildman–Crippen MR) is 96.9 cm³/mol. The fourth-order valence-electron chi connectivity index (χ4n) is 2.50. The quantitative estimate of drug-likeness (QED) is 0.644. The summed E-state index contributed by atoms with van der Waals surface area (Å²) >= 11 is 0. The number of aryl methyl sites for hydroxylation is 1. The van der Waals surface area contributed by atoms with E-state index in [1.54, 1.807) is 10.9 Å². The molecule has 3 rings (SSSR count). The minimum atomic E-state index is -0.126. The van der Waals surface area contributed by atoms with Crippen LogP contribution in [0.3, 0.4) is 0 Å². The summed E-state index contributed by atoms with van der Waals surface area (Å²) in [7, 11) is 1.87. The van der Waals surface area contributed by atoms with E-state index in [0.29, 0.717) is 12.5 Å². The van der Waals surface area contributed by atoms with Crippen molar-refractivity contribution in [3.8, 4) is 0 Å². The van der Waals surface area contributed by atoms with Crippen LogP contribution in [-0.4, -0.2) is 32.3 Å². The van der Waals surface area contributed by atoms with Crippen molar-refractivity contribution >= 4 is 22.8 Å². The molecule has 0 bridgehead atoms. The molecule has 7 heteroatoms. The summed E-state index contributed by atoms with van der Waals surface area (Å²) in [5, 5.41) is 11.8. The highest BCUT2D eigenvalue weighted by molar-refractivity contribution is 5.87. The molecule has 2 heterocycles. The first-order valence-corrected chi connectivity index (χ1v) is 8.05. The Morgan fingerprint density at radius 3 is 2.62 bits per heavy atom. The zero-order chi connectivity index (χ0) is 17.1. The van der Waals surface area contributed by atoms with Crippen LogP contribution in [0.1, 0.15) is 25.5 Å². The van der Waals surface area contributed by atoms with Crippen molar-refractivity contribution in [3.05, 3.63) is 42.1 Å². The number of hydrogen-bond acceptors (Lipinski definition) is 6. The van der Waals surface area contributed by atoms with Gasteiger partial charge in [0.25, 0.3) is 0 Å². The molecule has 24 heavy (non-hydrogen) atoms. The summed E-state index contributed by atoms with van der Waals surface area (Å²) in [6, 6.07) is 10.1. The topological polar surface area (TPSA) is 93.7 Å². The maximum atomic E-state index is 6.23. The van der Waals surface area contributed by atoms with Crippen molar-refractivity contribution < 1.29 is 0 Å². The summed E-state index contributed by atoms with van der Waals surface area (Å²) < 4.78 is 1.74. The summed E-state index contributed by atoms with van der Waals surface area (Å²) in [4.78, 5) is 9.13. The number of nitrogens with one attached hydrogen (secondary N) is 2. The molecular weight excluding hydrogens is 302 g/mol. The summed E-state index contributed by atoms with van der Waals surface area (Å²) in [6.07, 6.45) is 1.78. The second-order valence-corrected chi connectivity index (χ2v) is 6.10. The molecule has 0 aliphatic carbocycles. The Balaban J connectivity index is 1.82. The van der Waals surface area contributed by atoms with Crippen LogP contribution in [0.15, 0.2) is 36.5 Å². The van der Waals surface area contributed by atoms with Crippen LogP contribution in [0.25, 0.3) is 11.0 Å². The predicted octanol–water partition coefficient (Wildman–Crippen LogP) is 2.30. The van der Waals surface area contributed by atoms with Gasteiger partial charge in [-0.15, -0.1) is 0 Å². The van der Waals surface area contributed by atoms with Gasteiger partial charge in [0.2, 0.25) is 5.95 Å². The van der Waals surface area contributed by atoms with Crippen molar-refractivity contribution in [3.63, 3.8) is 0 Å². The van der Waals surface area contributed by atoms with Gasteiger partial charge in [-0.25, -0.2) is 0 Å². The van der Waals surface area contributed by atoms with E-state index in [1.807, 2.05) is 37.4 Å². The molecule has 1 unspecified atom stereocenters. The Hall–Kier alpha value is -2.67. The van der Waals surface area contributed by atoms with Crippen molar-refractivity contribution in [2.24, 2.45) is 12.8 Å². The molecule has 0 saturated heterocycles. The van der Waals surface area contributed by atoms with Gasteiger partial charge in [-0.3, -0.25) is 4.68 Å². The van der Waals surface area contributed by atoms with Crippen molar-refractivity contribution in [1.82, 2.24) is 19.7 Å². The minimum Gasteiger partial charge on any atom is -0.367 e. The van der Waals surface area contributed by atoms with Gasteiger partial charge in [-0.05, 0) is 19.4 Å². The maximum Gasteiger partial charge on any atom is 0.226 e. The molecule has 1 aromatic carbocycles. The summed E-state index contributed by atoms with van der Waals surface area (Å²) in [5.41, 5.74) is 8.09. The average molecular weight is 325 g/mol. The van der Waals surface area contributed by atoms with Crippen molar-refractivity contribution in [2.45, 2.75) is 25.9 Å². The highest BCUT2D eigenvalue weighted by atomic mass is 15.3. The normalized spacial score (nSPS) is 12.5. The first-order chi connectivity index (χ1) is 11.5. The third-order valence-corrected chi connectivity index (χ3v) is 3.73. The molecule has 0 aliphatic heterocycles. The second-order valence-electron chi connectivity index (χ2n) is 6.10. The van der Waals surface area contributed by atoms with Crippen LogP contribution in [-0.2, 0) is 7.05 Å². The van der Waals surface area contributed by atoms with Gasteiger partial charge in [0.1, 0.15) is 5.82 Å². The maximum absolute atomic E-state index is 6.23. The van der Waals surface area contributed by atoms with Gasteiger partial charge in [0.15, 0.2) is 5.65 Å². The molecule has 2 aromatic heterocycles. The van der Waals surface area contributed by atoms with Crippen molar-refractivity contribution in [2.75, 3.05) is 17.2 Å². The number of hydrogen-bond donors (Lipinski definition) is 3. The fraction of sp³-hybridized carbons (Fsp3) is 0.353. The van der Waals surface area contributed by atoms with Crippen LogP contribution in [0, 0.1) is 0 Å². The lowest BCUT2D eigenvalue weighted by Gasteiger charge is -2.15. The number of nitrogens with two attached hydrogens (primary N) is 1. The Labute approximate surface area is 141 Å². The van der Waals surface area contributed by atoms with Crippen LogP contribution < -0.4 is 16.4 Å². The Kier molecular flexibility index (Phi) is 4.61. The second kappa shape index (κ2) is 6.84. The third kappa shape index (κ3) is 3.46. The van der Waals surface area contributed by atoms with E-state index in [2.05, 4.69) is 39.5 Å². The summed E-state index contributed by atoms with van der Waals surface area (Å²) in [5.74, 6) is 1.32. The molecule has 126 valence electrons. The molecule has 4 N–H and O–H groups in total. The number of benzene rings is 1. The summed E-state index contributed by atoms with van der Waals surface area (Å²) in [6.45, 7) is 4.69. The lowest BCUT2D eigenvalue weighted by atomic mass is 10.1. The number of aromatic nitrogens is 4. The fourth-order valence-corrected chi connectivity index (χ4v) is 2.50. The minimum absolute atomic E-state index is 0.126. The van der Waals surface area contributed by atoms with Gasteiger partial charge in [-0.2, -0.15) is 15.1 Å². The van der Waals surface area contributed by atoms with Gasteiger partial charge >= 0.3 is 0 Å². The van der Waals surface area contributed by atoms with Crippen LogP contribution >= 0.6 is 0 Å². The van der Waals surface area contributed by atoms with E-state index in [1.165, 1.54) is 0 Å². The number of rotatable bonds is 6. The van der Waals surface area contributed by atoms with Gasteiger partial charge in [0, 0.05) is 25.7 Å². The van der Waals surface area contributed by atoms with Gasteiger partial charge in [-0.1, -0.05) is 30.3 Å². The number of nitrogens with zero attached hydrogens (tertiary/aromatic N) is 4. The lowest BCUT2D eigenvalue weighted by Crippen LogP contribution is -2.22. The van der Waals surface area contributed by atoms with E-state index in [0.717, 1.165) is 22.4 Å². The van der Waals surface area contributed by atoms with E-state index >= 15 is 0 Å². The molecule has 0 fully saturated rings. The lowest BCUT2D eigenvalue weighted by molar-refractivity contribution is 0.755. The highest BCUT2D eigenvalue weighted by Crippen LogP contribution is 2.22. The molecular formula is C17H23N7. The zero-order valence-corrected chi connectivity index (χ0v) is 14.2. The molecule has 0 amide bonds. The monoisotopic (exact) mass is 325 g/mol. The molecule has 7 nitrogen and oxygen atoms in total. The SMILES string of the molecule is CC(C)Nc1nc(NCC(N)c2ccccc2)nc2c1cnn2C. The standard InChI is InChI=1S/C17H23N7/c1-11(2)21-15-13-9-20-24(3)16(13)23-17(22-15)19-10-14(18)12-7-5-4-6-8-12/h4-9,11,14H,10,18H2,1-3H3,(H2,19,21,22,23). The zero-order valence-electron chi connectivity index (χ0n) is 14.2. The smallest absolute Gasteiger partial charge is 0.226 e. The Bertz CT molecular complexity index is 810. The molecule has 0 aliphatic rings. The largest absolute Gasteiger partial charge is 0.367 e. The molecule has 0 saturated carbocycles. The van der Waals surface area contributed by atoms with Crippen LogP contribution in [0.4, 0.5) is 11.8 Å². The first kappa shape index (κ1) is 16.2. The van der Waals surface area contributed by atoms with Crippen molar-refractivity contribution in [1.29, 1.82) is 0 Å². The van der Waals surface area contributed by atoms with Crippen LogP contribution in [0.2, 0.25) is 0 Å². The van der Waals surface area contributed by atoms with Gasteiger partial charge < -0.3 is 16.4 Å². The Morgan fingerprint density at radius 2 is 1.92 bits per heavy atom. The molecule has 1 atom stereocenters. The average Bonchev–Trinajstić information content (AvgIpc) is 2.94. The first-order valence-electron chi connectivity index (χ1n) is 8.05. The highest BCUT2D eigenvalue weighted by Gasteiger charge is 2.13. The van der Waals surface area contributed by atoms with E-state index in [9.17, 15) is 0 Å². The van der Waals surface area contributed by atoms with E-state index in [-0.39, 0.29) is 12.1 Å². The van der Waals surface area contributed by atoms with E-state index in [4.69, 9.17) is 5.73 Å². The molecule has 0 spiro atoms. The number of anilines is 2. The molecule has 0 radical (unpaired) electrons. The molecule has 3 aromatic rings.